The Kier molecular flexibility index (Phi) is 3.79. The lowest BCUT2D eigenvalue weighted by Crippen LogP contribution is -2.45. The van der Waals surface area contributed by atoms with Crippen LogP contribution in [0.4, 0.5) is 0 Å². The molecule has 1 aromatic rings. The molecule has 1 aliphatic heterocycles. The average molecular weight is 238 g/mol. The summed E-state index contributed by atoms with van der Waals surface area (Å²) >= 11 is 0. The highest BCUT2D eigenvalue weighted by Crippen LogP contribution is 2.17. The lowest BCUT2D eigenvalue weighted by Gasteiger charge is -2.33. The van der Waals surface area contributed by atoms with Gasteiger partial charge >= 0.3 is 0 Å². The summed E-state index contributed by atoms with van der Waals surface area (Å²) in [4.78, 5) is 6.70. The molecule has 5 nitrogen and oxygen atoms in total. The summed E-state index contributed by atoms with van der Waals surface area (Å²) in [6.07, 6.45) is 1.11. The van der Waals surface area contributed by atoms with Gasteiger partial charge in [0.05, 0.1) is 6.54 Å². The monoisotopic (exact) mass is 238 g/mol. The molecule has 2 rings (SSSR count). The van der Waals surface area contributed by atoms with E-state index < -0.39 is 0 Å². The van der Waals surface area contributed by atoms with Crippen molar-refractivity contribution >= 4 is 0 Å². The van der Waals surface area contributed by atoms with Crippen molar-refractivity contribution in [2.24, 2.45) is 11.7 Å². The molecule has 0 aromatic carbocycles. The Bertz CT molecular complexity index is 353. The van der Waals surface area contributed by atoms with E-state index in [0.717, 1.165) is 31.9 Å². The second-order valence-electron chi connectivity index (χ2n) is 5.50. The Morgan fingerprint density at radius 3 is 2.82 bits per heavy atom. The quantitative estimate of drug-likeness (QED) is 0.861. The highest BCUT2D eigenvalue weighted by molar-refractivity contribution is 4.92. The minimum atomic E-state index is 0.270. The van der Waals surface area contributed by atoms with Crippen molar-refractivity contribution in [2.45, 2.75) is 45.7 Å². The van der Waals surface area contributed by atoms with Crippen LogP contribution in [0.2, 0.25) is 0 Å². The number of aromatic nitrogens is 2. The zero-order chi connectivity index (χ0) is 12.4. The molecule has 2 atom stereocenters. The Balaban J connectivity index is 1.95. The van der Waals surface area contributed by atoms with Crippen LogP contribution >= 0.6 is 0 Å². The number of likely N-dealkylation sites (tertiary alicyclic amines) is 1. The van der Waals surface area contributed by atoms with E-state index in [4.69, 9.17) is 10.3 Å². The lowest BCUT2D eigenvalue weighted by atomic mass is 9.97. The molecular weight excluding hydrogens is 216 g/mol. The summed E-state index contributed by atoms with van der Waals surface area (Å²) in [5.74, 6) is 2.45. The summed E-state index contributed by atoms with van der Waals surface area (Å²) in [7, 11) is 0. The third-order valence-electron chi connectivity index (χ3n) is 3.13. The molecule has 2 unspecified atom stereocenters. The van der Waals surface area contributed by atoms with Gasteiger partial charge in [0.2, 0.25) is 5.89 Å². The number of nitrogens with two attached hydrogens (primary N) is 1. The highest BCUT2D eigenvalue weighted by Gasteiger charge is 2.23. The number of piperidine rings is 1. The van der Waals surface area contributed by atoms with Gasteiger partial charge in [-0.1, -0.05) is 25.9 Å². The van der Waals surface area contributed by atoms with E-state index in [1.165, 1.54) is 0 Å². The van der Waals surface area contributed by atoms with E-state index in [9.17, 15) is 0 Å². The topological polar surface area (TPSA) is 68.2 Å². The maximum atomic E-state index is 6.01. The van der Waals surface area contributed by atoms with E-state index in [1.54, 1.807) is 0 Å². The van der Waals surface area contributed by atoms with Gasteiger partial charge < -0.3 is 10.3 Å². The van der Waals surface area contributed by atoms with Crippen molar-refractivity contribution in [1.29, 1.82) is 0 Å². The molecule has 17 heavy (non-hydrogen) atoms. The first-order valence-electron chi connectivity index (χ1n) is 6.35. The highest BCUT2D eigenvalue weighted by atomic mass is 16.5. The molecule has 1 fully saturated rings. The molecule has 2 N–H and O–H groups in total. The molecule has 2 heterocycles. The van der Waals surface area contributed by atoms with Crippen molar-refractivity contribution in [3.8, 4) is 0 Å². The Hall–Kier alpha value is -0.940. The maximum absolute atomic E-state index is 6.01. The van der Waals surface area contributed by atoms with Crippen LogP contribution < -0.4 is 5.73 Å². The van der Waals surface area contributed by atoms with Crippen LogP contribution in [0.5, 0.6) is 0 Å². The molecule has 1 aliphatic rings. The van der Waals surface area contributed by atoms with Crippen LogP contribution in [0.15, 0.2) is 4.52 Å². The summed E-state index contributed by atoms with van der Waals surface area (Å²) in [6.45, 7) is 9.06. The number of hydrogen-bond acceptors (Lipinski definition) is 5. The van der Waals surface area contributed by atoms with Crippen LogP contribution in [0.25, 0.3) is 0 Å². The fraction of sp³-hybridized carbons (Fsp3) is 0.833. The van der Waals surface area contributed by atoms with Crippen molar-refractivity contribution < 1.29 is 4.52 Å². The van der Waals surface area contributed by atoms with Gasteiger partial charge in [-0.2, -0.15) is 4.98 Å². The van der Waals surface area contributed by atoms with Crippen LogP contribution in [0, 0.1) is 5.92 Å². The van der Waals surface area contributed by atoms with E-state index in [1.807, 2.05) is 0 Å². The second-order valence-corrected chi connectivity index (χ2v) is 5.50. The minimum Gasteiger partial charge on any atom is -0.338 e. The number of hydrogen-bond donors (Lipinski definition) is 1. The average Bonchev–Trinajstić information content (AvgIpc) is 2.64. The summed E-state index contributed by atoms with van der Waals surface area (Å²) < 4.78 is 5.26. The summed E-state index contributed by atoms with van der Waals surface area (Å²) in [5.41, 5.74) is 6.01. The minimum absolute atomic E-state index is 0.270. The van der Waals surface area contributed by atoms with Crippen LogP contribution in [-0.2, 0) is 6.54 Å². The van der Waals surface area contributed by atoms with Crippen LogP contribution in [0.1, 0.15) is 44.8 Å². The lowest BCUT2D eigenvalue weighted by molar-refractivity contribution is 0.142. The molecule has 1 aromatic heterocycles. The Morgan fingerprint density at radius 1 is 1.47 bits per heavy atom. The van der Waals surface area contributed by atoms with Crippen LogP contribution in [-0.4, -0.2) is 34.2 Å². The van der Waals surface area contributed by atoms with Crippen molar-refractivity contribution in [1.82, 2.24) is 15.0 Å². The van der Waals surface area contributed by atoms with E-state index in [-0.39, 0.29) is 6.04 Å². The molecule has 0 aliphatic carbocycles. The molecule has 0 amide bonds. The van der Waals surface area contributed by atoms with Gasteiger partial charge in [0.1, 0.15) is 0 Å². The predicted octanol–water partition coefficient (Wildman–Crippen LogP) is 1.36. The fourth-order valence-electron chi connectivity index (χ4n) is 2.40. The van der Waals surface area contributed by atoms with Gasteiger partial charge in [-0.3, -0.25) is 4.90 Å². The molecule has 5 heteroatoms. The molecule has 0 spiro atoms. The first-order chi connectivity index (χ1) is 8.04. The molecule has 0 bridgehead atoms. The predicted molar refractivity (Wildman–Crippen MR) is 65.4 cm³/mol. The molecule has 0 saturated carbocycles. The van der Waals surface area contributed by atoms with Gasteiger partial charge in [-0.15, -0.1) is 0 Å². The zero-order valence-electron chi connectivity index (χ0n) is 10.9. The third kappa shape index (κ3) is 3.26. The van der Waals surface area contributed by atoms with Gasteiger partial charge in [0, 0.05) is 25.0 Å². The van der Waals surface area contributed by atoms with Gasteiger partial charge in [0.25, 0.3) is 0 Å². The summed E-state index contributed by atoms with van der Waals surface area (Å²) in [6, 6.07) is 0.270. The first kappa shape index (κ1) is 12.5. The van der Waals surface area contributed by atoms with Crippen molar-refractivity contribution in [2.75, 3.05) is 13.1 Å². The fourth-order valence-corrected chi connectivity index (χ4v) is 2.40. The van der Waals surface area contributed by atoms with E-state index >= 15 is 0 Å². The summed E-state index contributed by atoms with van der Waals surface area (Å²) in [5, 5.41) is 3.98. The standard InChI is InChI=1S/C12H22N4O/c1-8(2)12-14-11(17-15-12)7-16-5-9(3)4-10(13)6-16/h8-10H,4-7,13H2,1-3H3. The Morgan fingerprint density at radius 2 is 2.24 bits per heavy atom. The Labute approximate surface area is 102 Å². The first-order valence-corrected chi connectivity index (χ1v) is 6.35. The smallest absolute Gasteiger partial charge is 0.240 e. The zero-order valence-corrected chi connectivity index (χ0v) is 10.9. The third-order valence-corrected chi connectivity index (χ3v) is 3.13. The number of rotatable bonds is 3. The van der Waals surface area contributed by atoms with Crippen LogP contribution in [0.3, 0.4) is 0 Å². The second kappa shape index (κ2) is 5.14. The molecular formula is C12H22N4O. The van der Waals surface area contributed by atoms with E-state index in [0.29, 0.717) is 17.7 Å². The molecule has 1 saturated heterocycles. The normalized spacial score (nSPS) is 26.6. The SMILES string of the molecule is CC1CC(N)CN(Cc2nc(C(C)C)no2)C1. The molecule has 0 radical (unpaired) electrons. The maximum Gasteiger partial charge on any atom is 0.240 e. The number of nitrogens with zero attached hydrogens (tertiary/aromatic N) is 3. The van der Waals surface area contributed by atoms with Gasteiger partial charge in [-0.05, 0) is 12.3 Å². The molecule has 96 valence electrons. The van der Waals surface area contributed by atoms with E-state index in [2.05, 4.69) is 35.8 Å². The van der Waals surface area contributed by atoms with Crippen molar-refractivity contribution in [3.05, 3.63) is 11.7 Å². The van der Waals surface area contributed by atoms with Gasteiger partial charge in [0.15, 0.2) is 5.82 Å². The largest absolute Gasteiger partial charge is 0.338 e. The van der Waals surface area contributed by atoms with Gasteiger partial charge in [-0.25, -0.2) is 0 Å². The van der Waals surface area contributed by atoms with Crippen molar-refractivity contribution in [3.63, 3.8) is 0 Å².